The first kappa shape index (κ1) is 12.1. The molecule has 1 atom stereocenters. The van der Waals surface area contributed by atoms with Crippen molar-refractivity contribution >= 4 is 11.7 Å². The van der Waals surface area contributed by atoms with Gasteiger partial charge >= 0.3 is 0 Å². The van der Waals surface area contributed by atoms with E-state index in [1.54, 1.807) is 13.0 Å². The van der Waals surface area contributed by atoms with Crippen molar-refractivity contribution < 1.29 is 14.4 Å². The van der Waals surface area contributed by atoms with Gasteiger partial charge < -0.3 is 20.7 Å². The minimum absolute atomic E-state index is 0.125. The van der Waals surface area contributed by atoms with Crippen molar-refractivity contribution in [2.24, 2.45) is 10.9 Å². The third kappa shape index (κ3) is 3.30. The van der Waals surface area contributed by atoms with Crippen molar-refractivity contribution in [2.45, 2.75) is 26.3 Å². The van der Waals surface area contributed by atoms with Crippen LogP contribution in [0.4, 0.5) is 0 Å². The van der Waals surface area contributed by atoms with Gasteiger partial charge in [0.2, 0.25) is 5.91 Å². The topological polar surface area (TPSA) is 101 Å². The molecular formula is C10H15N3O3. The Morgan fingerprint density at radius 3 is 2.88 bits per heavy atom. The molecule has 0 aliphatic carbocycles. The number of rotatable bonds is 4. The lowest BCUT2D eigenvalue weighted by molar-refractivity contribution is -0.120. The molecule has 1 aromatic rings. The summed E-state index contributed by atoms with van der Waals surface area (Å²) in [5.74, 6) is 1.01. The van der Waals surface area contributed by atoms with Crippen LogP contribution in [0.2, 0.25) is 0 Å². The number of aryl methyl sites for hydroxylation is 1. The van der Waals surface area contributed by atoms with Crippen LogP contribution < -0.4 is 11.1 Å². The molecule has 0 aromatic carbocycles. The number of nitrogens with two attached hydrogens (primary N) is 1. The van der Waals surface area contributed by atoms with E-state index >= 15 is 0 Å². The van der Waals surface area contributed by atoms with E-state index in [9.17, 15) is 4.79 Å². The molecule has 4 N–H and O–H groups in total. The second kappa shape index (κ2) is 5.20. The predicted octanol–water partition coefficient (Wildman–Crippen LogP) is 0.902. The van der Waals surface area contributed by atoms with E-state index < -0.39 is 0 Å². The molecule has 0 saturated carbocycles. The molecule has 1 unspecified atom stereocenters. The van der Waals surface area contributed by atoms with Crippen LogP contribution in [-0.2, 0) is 4.79 Å². The van der Waals surface area contributed by atoms with Crippen LogP contribution in [0.1, 0.15) is 30.9 Å². The molecule has 0 saturated heterocycles. The summed E-state index contributed by atoms with van der Waals surface area (Å²) >= 11 is 0. The van der Waals surface area contributed by atoms with Gasteiger partial charge in [0.15, 0.2) is 0 Å². The number of hydrogen-bond donors (Lipinski definition) is 3. The summed E-state index contributed by atoms with van der Waals surface area (Å²) in [6.07, 6.45) is -0.138. The van der Waals surface area contributed by atoms with Crippen molar-refractivity contribution in [1.29, 1.82) is 0 Å². The number of amidine groups is 1. The number of carbonyl (C=O) groups excluding carboxylic acids is 1. The van der Waals surface area contributed by atoms with E-state index in [1.807, 2.05) is 13.0 Å². The van der Waals surface area contributed by atoms with Crippen LogP contribution in [0.5, 0.6) is 0 Å². The first-order chi connectivity index (χ1) is 7.52. The van der Waals surface area contributed by atoms with Crippen LogP contribution in [-0.4, -0.2) is 17.0 Å². The zero-order valence-electron chi connectivity index (χ0n) is 9.23. The van der Waals surface area contributed by atoms with Crippen molar-refractivity contribution in [1.82, 2.24) is 5.32 Å². The Kier molecular flexibility index (Phi) is 3.93. The number of nitrogens with one attached hydrogen (secondary N) is 1. The Bertz CT molecular complexity index is 398. The quantitative estimate of drug-likeness (QED) is 0.306. The van der Waals surface area contributed by atoms with Gasteiger partial charge in [-0.2, -0.15) is 0 Å². The van der Waals surface area contributed by atoms with Gasteiger partial charge in [-0.3, -0.25) is 4.79 Å². The number of nitrogens with zero attached hydrogens (tertiary/aromatic N) is 1. The van der Waals surface area contributed by atoms with Crippen molar-refractivity contribution in [3.05, 3.63) is 23.7 Å². The molecule has 1 amide bonds. The van der Waals surface area contributed by atoms with Gasteiger partial charge in [0.1, 0.15) is 17.4 Å². The van der Waals surface area contributed by atoms with Crippen molar-refractivity contribution in [3.63, 3.8) is 0 Å². The third-order valence-corrected chi connectivity index (χ3v) is 2.04. The van der Waals surface area contributed by atoms with Crippen LogP contribution in [0, 0.1) is 6.92 Å². The fourth-order valence-electron chi connectivity index (χ4n) is 1.25. The first-order valence-electron chi connectivity index (χ1n) is 4.85. The lowest BCUT2D eigenvalue weighted by Crippen LogP contribution is -2.30. The Hall–Kier alpha value is -1.98. The molecule has 0 aliphatic rings. The SMILES string of the molecule is Cc1ccc(C(C)NC(=O)C/C(N)=N/O)o1. The molecular weight excluding hydrogens is 210 g/mol. The molecule has 1 aromatic heterocycles. The number of carbonyl (C=O) groups is 1. The maximum Gasteiger partial charge on any atom is 0.228 e. The van der Waals surface area contributed by atoms with E-state index in [0.29, 0.717) is 5.76 Å². The standard InChI is InChI=1S/C10H15N3O3/c1-6-3-4-8(16-6)7(2)12-10(14)5-9(11)13-15/h3-4,7,15H,5H2,1-2H3,(H2,11,13)(H,12,14). The maximum atomic E-state index is 11.4. The summed E-state index contributed by atoms with van der Waals surface area (Å²) in [6, 6.07) is 3.37. The van der Waals surface area contributed by atoms with Crippen LogP contribution in [0.25, 0.3) is 0 Å². The van der Waals surface area contributed by atoms with Crippen LogP contribution in [0.3, 0.4) is 0 Å². The summed E-state index contributed by atoms with van der Waals surface area (Å²) in [5, 5.41) is 13.7. The number of oxime groups is 1. The van der Waals surface area contributed by atoms with Gasteiger partial charge in [-0.1, -0.05) is 5.16 Å². The number of hydrogen-bond acceptors (Lipinski definition) is 4. The smallest absolute Gasteiger partial charge is 0.228 e. The number of furan rings is 1. The summed E-state index contributed by atoms with van der Waals surface area (Å²) < 4.78 is 5.35. The first-order valence-corrected chi connectivity index (χ1v) is 4.85. The Labute approximate surface area is 93.1 Å². The van der Waals surface area contributed by atoms with E-state index in [-0.39, 0.29) is 24.2 Å². The highest BCUT2D eigenvalue weighted by Gasteiger charge is 2.13. The normalized spacial score (nSPS) is 13.5. The van der Waals surface area contributed by atoms with Gasteiger partial charge in [-0.25, -0.2) is 0 Å². The monoisotopic (exact) mass is 225 g/mol. The summed E-state index contributed by atoms with van der Waals surface area (Å²) in [5.41, 5.74) is 5.21. The maximum absolute atomic E-state index is 11.4. The molecule has 88 valence electrons. The molecule has 0 spiro atoms. The van der Waals surface area contributed by atoms with E-state index in [2.05, 4.69) is 10.5 Å². The summed E-state index contributed by atoms with van der Waals surface area (Å²) in [4.78, 5) is 11.4. The fraction of sp³-hybridized carbons (Fsp3) is 0.400. The fourth-order valence-corrected chi connectivity index (χ4v) is 1.25. The molecule has 0 fully saturated rings. The van der Waals surface area contributed by atoms with Gasteiger partial charge in [0.25, 0.3) is 0 Å². The third-order valence-electron chi connectivity index (χ3n) is 2.04. The van der Waals surface area contributed by atoms with Crippen LogP contribution in [0.15, 0.2) is 21.7 Å². The van der Waals surface area contributed by atoms with Crippen LogP contribution >= 0.6 is 0 Å². The molecule has 16 heavy (non-hydrogen) atoms. The Balaban J connectivity index is 2.51. The Morgan fingerprint density at radius 1 is 1.69 bits per heavy atom. The van der Waals surface area contributed by atoms with E-state index in [0.717, 1.165) is 5.76 Å². The second-order valence-electron chi connectivity index (χ2n) is 3.51. The minimum atomic E-state index is -0.322. The molecule has 1 heterocycles. The zero-order valence-corrected chi connectivity index (χ0v) is 9.23. The van der Waals surface area contributed by atoms with Gasteiger partial charge in [-0.15, -0.1) is 0 Å². The molecule has 0 bridgehead atoms. The molecule has 0 radical (unpaired) electrons. The average Bonchev–Trinajstić information content (AvgIpc) is 2.64. The average molecular weight is 225 g/mol. The molecule has 6 nitrogen and oxygen atoms in total. The second-order valence-corrected chi connectivity index (χ2v) is 3.51. The van der Waals surface area contributed by atoms with Gasteiger partial charge in [-0.05, 0) is 26.0 Å². The van der Waals surface area contributed by atoms with Gasteiger partial charge in [0.05, 0.1) is 12.5 Å². The van der Waals surface area contributed by atoms with Crippen molar-refractivity contribution in [2.75, 3.05) is 0 Å². The molecule has 0 aliphatic heterocycles. The van der Waals surface area contributed by atoms with E-state index in [1.165, 1.54) is 0 Å². The zero-order chi connectivity index (χ0) is 12.1. The lowest BCUT2D eigenvalue weighted by atomic mass is 10.2. The highest BCUT2D eigenvalue weighted by atomic mass is 16.4. The highest BCUT2D eigenvalue weighted by Crippen LogP contribution is 2.15. The Morgan fingerprint density at radius 2 is 2.38 bits per heavy atom. The molecule has 1 rings (SSSR count). The largest absolute Gasteiger partial charge is 0.464 e. The summed E-state index contributed by atoms with van der Waals surface area (Å²) in [6.45, 7) is 3.62. The predicted molar refractivity (Wildman–Crippen MR) is 58.0 cm³/mol. The van der Waals surface area contributed by atoms with Gasteiger partial charge in [0, 0.05) is 0 Å². The van der Waals surface area contributed by atoms with E-state index in [4.69, 9.17) is 15.4 Å². The number of amides is 1. The molecule has 6 heteroatoms. The highest BCUT2D eigenvalue weighted by molar-refractivity contribution is 5.98. The summed E-state index contributed by atoms with van der Waals surface area (Å²) in [7, 11) is 0. The van der Waals surface area contributed by atoms with Crippen molar-refractivity contribution in [3.8, 4) is 0 Å². The minimum Gasteiger partial charge on any atom is -0.464 e. The lowest BCUT2D eigenvalue weighted by Gasteiger charge is -2.10.